The van der Waals surface area contributed by atoms with Crippen LogP contribution in [0.5, 0.6) is 0 Å². The number of carbonyl (C=O) groups excluding carboxylic acids is 4. The molecular formula is C16H13NO6. The summed E-state index contributed by atoms with van der Waals surface area (Å²) in [5, 5.41) is 9.14. The van der Waals surface area contributed by atoms with Crippen LogP contribution in [0.3, 0.4) is 0 Å². The molecule has 118 valence electrons. The Balaban J connectivity index is 1.80. The molecule has 7 heteroatoms. The number of hydrogen-bond acceptors (Lipinski definition) is 5. The molecule has 1 heterocycles. The Labute approximate surface area is 130 Å². The molecule has 2 aliphatic rings. The van der Waals surface area contributed by atoms with E-state index in [-0.39, 0.29) is 11.1 Å². The molecule has 0 aromatic heterocycles. The van der Waals surface area contributed by atoms with Gasteiger partial charge in [-0.2, -0.15) is 0 Å². The van der Waals surface area contributed by atoms with Gasteiger partial charge in [0.2, 0.25) is 0 Å². The molecule has 1 aromatic carbocycles. The second-order valence-electron chi connectivity index (χ2n) is 5.66. The number of carboxylic acids is 1. The van der Waals surface area contributed by atoms with E-state index in [9.17, 15) is 24.0 Å². The van der Waals surface area contributed by atoms with Crippen LogP contribution in [-0.2, 0) is 14.4 Å². The third kappa shape index (κ3) is 2.54. The van der Waals surface area contributed by atoms with Crippen molar-refractivity contribution < 1.29 is 29.1 Å². The molecule has 1 aromatic rings. The number of Topliss-reactive ketones (excluding diaryl/α,β-unsaturated/α-hetero) is 2. The molecule has 1 aliphatic carbocycles. The molecule has 7 nitrogen and oxygen atoms in total. The minimum Gasteiger partial charge on any atom is -0.480 e. The van der Waals surface area contributed by atoms with Crippen molar-refractivity contribution in [3.63, 3.8) is 0 Å². The van der Waals surface area contributed by atoms with Crippen molar-refractivity contribution in [2.24, 2.45) is 11.8 Å². The van der Waals surface area contributed by atoms with Crippen LogP contribution in [0.1, 0.15) is 33.6 Å². The van der Waals surface area contributed by atoms with Crippen molar-refractivity contribution in [1.29, 1.82) is 0 Å². The number of amides is 2. The van der Waals surface area contributed by atoms with Gasteiger partial charge in [-0.25, -0.2) is 0 Å². The third-order valence-corrected chi connectivity index (χ3v) is 4.03. The number of nitrogens with zero attached hydrogens (tertiary/aromatic N) is 1. The fourth-order valence-corrected chi connectivity index (χ4v) is 2.65. The van der Waals surface area contributed by atoms with Gasteiger partial charge in [0.25, 0.3) is 11.8 Å². The number of aliphatic carboxylic acids is 1. The third-order valence-electron chi connectivity index (χ3n) is 4.03. The summed E-state index contributed by atoms with van der Waals surface area (Å²) in [6.07, 6.45) is 1.14. The average molecular weight is 315 g/mol. The van der Waals surface area contributed by atoms with E-state index in [1.54, 1.807) is 12.1 Å². The van der Waals surface area contributed by atoms with Crippen LogP contribution in [0, 0.1) is 11.8 Å². The van der Waals surface area contributed by atoms with Gasteiger partial charge in [-0.1, -0.05) is 12.1 Å². The maximum absolute atomic E-state index is 12.2. The lowest BCUT2D eigenvalue weighted by atomic mass is 9.95. The van der Waals surface area contributed by atoms with Crippen LogP contribution in [0.4, 0.5) is 0 Å². The Hall–Kier alpha value is -2.83. The van der Waals surface area contributed by atoms with E-state index in [1.807, 2.05) is 0 Å². The molecular weight excluding hydrogens is 302 g/mol. The summed E-state index contributed by atoms with van der Waals surface area (Å²) in [5.74, 6) is -6.63. The minimum atomic E-state index is -1.81. The quantitative estimate of drug-likeness (QED) is 0.606. The predicted molar refractivity (Wildman–Crippen MR) is 75.7 cm³/mol. The lowest BCUT2D eigenvalue weighted by molar-refractivity contribution is -0.151. The molecule has 0 radical (unpaired) electrons. The van der Waals surface area contributed by atoms with Crippen LogP contribution >= 0.6 is 0 Å². The van der Waals surface area contributed by atoms with Crippen LogP contribution in [-0.4, -0.2) is 45.9 Å². The fraction of sp³-hybridized carbons (Fsp3) is 0.312. The first kappa shape index (κ1) is 15.1. The molecule has 1 atom stereocenters. The molecule has 0 spiro atoms. The maximum atomic E-state index is 12.2. The van der Waals surface area contributed by atoms with Crippen molar-refractivity contribution >= 4 is 29.4 Å². The number of hydrogen-bond donors (Lipinski definition) is 1. The fourth-order valence-electron chi connectivity index (χ4n) is 2.65. The Bertz CT molecular complexity index is 714. The van der Waals surface area contributed by atoms with Crippen molar-refractivity contribution in [1.82, 2.24) is 4.90 Å². The van der Waals surface area contributed by atoms with E-state index < -0.39 is 47.7 Å². The van der Waals surface area contributed by atoms with Gasteiger partial charge < -0.3 is 5.11 Å². The van der Waals surface area contributed by atoms with Crippen molar-refractivity contribution in [2.75, 3.05) is 6.54 Å². The molecule has 0 saturated heterocycles. The van der Waals surface area contributed by atoms with Gasteiger partial charge in [0.15, 0.2) is 17.5 Å². The minimum absolute atomic E-state index is 0.172. The summed E-state index contributed by atoms with van der Waals surface area (Å²) in [7, 11) is 0. The zero-order valence-corrected chi connectivity index (χ0v) is 12.0. The number of fused-ring (bicyclic) bond motifs is 1. The van der Waals surface area contributed by atoms with Gasteiger partial charge in [0, 0.05) is 5.92 Å². The number of imide groups is 1. The summed E-state index contributed by atoms with van der Waals surface area (Å²) in [5.41, 5.74) is 0.344. The van der Waals surface area contributed by atoms with Crippen LogP contribution in [0.25, 0.3) is 0 Å². The zero-order valence-electron chi connectivity index (χ0n) is 12.0. The number of benzene rings is 1. The highest BCUT2D eigenvalue weighted by molar-refractivity contribution is 6.24. The van der Waals surface area contributed by atoms with E-state index in [2.05, 4.69) is 0 Å². The SMILES string of the molecule is O=C(O)C(C(=O)CN1C(=O)c2ccccc2C1=O)C(=O)C1CC1. The molecule has 2 amide bonds. The average Bonchev–Trinajstić information content (AvgIpc) is 3.32. The van der Waals surface area contributed by atoms with Gasteiger partial charge in [0.05, 0.1) is 17.7 Å². The summed E-state index contributed by atoms with van der Waals surface area (Å²) < 4.78 is 0. The van der Waals surface area contributed by atoms with Gasteiger partial charge in [-0.05, 0) is 25.0 Å². The first-order valence-electron chi connectivity index (χ1n) is 7.16. The summed E-state index contributed by atoms with van der Waals surface area (Å²) in [6, 6.07) is 6.10. The lowest BCUT2D eigenvalue weighted by Gasteiger charge is -2.16. The summed E-state index contributed by atoms with van der Waals surface area (Å²) >= 11 is 0. The van der Waals surface area contributed by atoms with Gasteiger partial charge in [-0.3, -0.25) is 28.9 Å². The first-order chi connectivity index (χ1) is 10.9. The van der Waals surface area contributed by atoms with Crippen LogP contribution in [0.2, 0.25) is 0 Å². The van der Waals surface area contributed by atoms with Crippen LogP contribution < -0.4 is 0 Å². The molecule has 0 bridgehead atoms. The summed E-state index contributed by atoms with van der Waals surface area (Å²) in [6.45, 7) is -0.707. The van der Waals surface area contributed by atoms with E-state index in [4.69, 9.17) is 5.11 Å². The molecule has 3 rings (SSSR count). The maximum Gasteiger partial charge on any atom is 0.321 e. The number of ketones is 2. The largest absolute Gasteiger partial charge is 0.480 e. The molecule has 1 aliphatic heterocycles. The Morgan fingerprint density at radius 1 is 1.09 bits per heavy atom. The number of carbonyl (C=O) groups is 5. The van der Waals surface area contributed by atoms with E-state index in [0.29, 0.717) is 17.7 Å². The predicted octanol–water partition coefficient (Wildman–Crippen LogP) is 0.532. The Morgan fingerprint density at radius 3 is 2.04 bits per heavy atom. The van der Waals surface area contributed by atoms with Gasteiger partial charge >= 0.3 is 5.97 Å². The highest BCUT2D eigenvalue weighted by Gasteiger charge is 2.44. The topological polar surface area (TPSA) is 109 Å². The van der Waals surface area contributed by atoms with E-state index in [1.165, 1.54) is 12.1 Å². The zero-order chi connectivity index (χ0) is 16.7. The Morgan fingerprint density at radius 2 is 1.61 bits per heavy atom. The second-order valence-corrected chi connectivity index (χ2v) is 5.66. The summed E-state index contributed by atoms with van der Waals surface area (Å²) in [4.78, 5) is 60.4. The molecule has 1 fully saturated rings. The smallest absolute Gasteiger partial charge is 0.321 e. The van der Waals surface area contributed by atoms with Gasteiger partial charge in [-0.15, -0.1) is 0 Å². The first-order valence-corrected chi connectivity index (χ1v) is 7.16. The second kappa shape index (κ2) is 5.42. The Kier molecular flexibility index (Phi) is 3.55. The number of carboxylic acid groups (broad SMARTS) is 1. The lowest BCUT2D eigenvalue weighted by Crippen LogP contribution is -2.42. The normalized spacial score (nSPS) is 17.8. The van der Waals surface area contributed by atoms with Crippen molar-refractivity contribution in [2.45, 2.75) is 12.8 Å². The monoisotopic (exact) mass is 315 g/mol. The number of rotatable bonds is 6. The van der Waals surface area contributed by atoms with E-state index in [0.717, 1.165) is 0 Å². The van der Waals surface area contributed by atoms with Crippen LogP contribution in [0.15, 0.2) is 24.3 Å². The highest BCUT2D eigenvalue weighted by atomic mass is 16.4. The molecule has 23 heavy (non-hydrogen) atoms. The molecule has 1 unspecified atom stereocenters. The van der Waals surface area contributed by atoms with Crippen molar-refractivity contribution in [3.8, 4) is 0 Å². The standard InChI is InChI=1S/C16H13NO6/c18-11(12(16(22)23)13(19)8-5-6-8)7-17-14(20)9-3-1-2-4-10(9)15(17)21/h1-4,8,12H,5-7H2,(H,22,23). The molecule has 1 N–H and O–H groups in total. The van der Waals surface area contributed by atoms with Gasteiger partial charge in [0.1, 0.15) is 0 Å². The van der Waals surface area contributed by atoms with Crippen molar-refractivity contribution in [3.05, 3.63) is 35.4 Å². The molecule has 1 saturated carbocycles. The van der Waals surface area contributed by atoms with E-state index >= 15 is 0 Å². The highest BCUT2D eigenvalue weighted by Crippen LogP contribution is 2.33.